The summed E-state index contributed by atoms with van der Waals surface area (Å²) in [6.45, 7) is 1.89. The summed E-state index contributed by atoms with van der Waals surface area (Å²) >= 11 is 0. The van der Waals surface area contributed by atoms with Gasteiger partial charge in [-0.2, -0.15) is 0 Å². The molecule has 0 spiro atoms. The molecule has 6 nitrogen and oxygen atoms in total. The van der Waals surface area contributed by atoms with E-state index >= 15 is 0 Å². The number of aryl methyl sites for hydroxylation is 1. The van der Waals surface area contributed by atoms with E-state index < -0.39 is 21.9 Å². The number of halogens is 1. The molecule has 0 aliphatic carbocycles. The molecule has 1 aliphatic rings. The van der Waals surface area contributed by atoms with Gasteiger partial charge in [0.2, 0.25) is 0 Å². The van der Waals surface area contributed by atoms with E-state index in [1.165, 1.54) is 23.7 Å². The first-order chi connectivity index (χ1) is 15.3. The monoisotopic (exact) mass is 454 g/mol. The van der Waals surface area contributed by atoms with Crippen LogP contribution in [0.25, 0.3) is 5.70 Å². The number of hydrazine groups is 1. The summed E-state index contributed by atoms with van der Waals surface area (Å²) in [7, 11) is -0.830. The van der Waals surface area contributed by atoms with Crippen molar-refractivity contribution < 1.29 is 22.3 Å². The minimum Gasteiger partial charge on any atom is -0.493 e. The fourth-order valence-electron chi connectivity index (χ4n) is 3.54. The summed E-state index contributed by atoms with van der Waals surface area (Å²) in [5.41, 5.74) is 5.91. The van der Waals surface area contributed by atoms with Crippen molar-refractivity contribution in [2.45, 2.75) is 17.9 Å². The maximum Gasteiger partial charge on any atom is 0.260 e. The van der Waals surface area contributed by atoms with Gasteiger partial charge in [0.05, 0.1) is 30.9 Å². The Balaban J connectivity index is 1.78. The fraction of sp³-hybridized carbons (Fsp3) is 0.167. The van der Waals surface area contributed by atoms with Gasteiger partial charge in [-0.15, -0.1) is 4.41 Å². The number of benzene rings is 3. The predicted octanol–water partition coefficient (Wildman–Crippen LogP) is 4.44. The largest absolute Gasteiger partial charge is 0.493 e. The molecule has 0 saturated heterocycles. The van der Waals surface area contributed by atoms with Crippen LogP contribution in [0.15, 0.2) is 77.7 Å². The van der Waals surface area contributed by atoms with Crippen LogP contribution >= 0.6 is 0 Å². The number of methoxy groups -OCH3 is 2. The SMILES string of the molecule is COc1ccc(C2=C[C@@H](c3ccc(F)cc3)N(S(=O)(=O)c3ccc(C)cc3)N2)cc1OC. The minimum absolute atomic E-state index is 0.157. The van der Waals surface area contributed by atoms with Crippen LogP contribution in [0.3, 0.4) is 0 Å². The van der Waals surface area contributed by atoms with Crippen LogP contribution in [0.1, 0.15) is 22.7 Å². The number of rotatable bonds is 6. The molecule has 1 heterocycles. The lowest BCUT2D eigenvalue weighted by molar-refractivity contribution is 0.347. The van der Waals surface area contributed by atoms with Crippen molar-refractivity contribution in [3.8, 4) is 11.5 Å². The molecule has 0 fully saturated rings. The lowest BCUT2D eigenvalue weighted by Crippen LogP contribution is -2.39. The molecule has 0 amide bonds. The maximum absolute atomic E-state index is 13.5. The van der Waals surface area contributed by atoms with Gasteiger partial charge in [-0.1, -0.05) is 29.8 Å². The van der Waals surface area contributed by atoms with E-state index in [-0.39, 0.29) is 4.90 Å². The highest BCUT2D eigenvalue weighted by atomic mass is 32.2. The van der Waals surface area contributed by atoms with Gasteiger partial charge < -0.3 is 14.9 Å². The molecule has 4 rings (SSSR count). The van der Waals surface area contributed by atoms with Crippen molar-refractivity contribution in [3.05, 3.63) is 95.3 Å². The first-order valence-corrected chi connectivity index (χ1v) is 11.3. The van der Waals surface area contributed by atoms with Gasteiger partial charge >= 0.3 is 0 Å². The van der Waals surface area contributed by atoms with Crippen LogP contribution in [-0.4, -0.2) is 27.1 Å². The van der Waals surface area contributed by atoms with Gasteiger partial charge in [0.25, 0.3) is 10.0 Å². The normalized spacial score (nSPS) is 16.4. The second-order valence-corrected chi connectivity index (χ2v) is 9.19. The van der Waals surface area contributed by atoms with Gasteiger partial charge in [0.15, 0.2) is 11.5 Å². The van der Waals surface area contributed by atoms with Gasteiger partial charge in [-0.25, -0.2) is 12.8 Å². The standard InChI is InChI=1S/C24H23FN2O4S/c1-16-4-11-20(12-5-16)32(28,29)27-22(17-6-9-19(25)10-7-17)15-21(26-27)18-8-13-23(30-2)24(14-18)31-3/h4-15,22,26H,1-3H3/t22-/m0/s1. The zero-order valence-electron chi connectivity index (χ0n) is 17.9. The number of hydrogen-bond acceptors (Lipinski definition) is 5. The Morgan fingerprint density at radius 2 is 1.56 bits per heavy atom. The average molecular weight is 455 g/mol. The molecule has 0 radical (unpaired) electrons. The Kier molecular flexibility index (Phi) is 5.90. The number of nitrogens with zero attached hydrogens (tertiary/aromatic N) is 1. The molecule has 0 saturated carbocycles. The van der Waals surface area contributed by atoms with Crippen molar-refractivity contribution in [1.29, 1.82) is 0 Å². The Labute approximate surface area is 186 Å². The van der Waals surface area contributed by atoms with E-state index in [1.54, 1.807) is 61.7 Å². The molecule has 32 heavy (non-hydrogen) atoms. The molecule has 3 aromatic rings. The van der Waals surface area contributed by atoms with Crippen molar-refractivity contribution in [3.63, 3.8) is 0 Å². The summed E-state index contributed by atoms with van der Waals surface area (Å²) in [6.07, 6.45) is 1.79. The molecular weight excluding hydrogens is 431 g/mol. The van der Waals surface area contributed by atoms with Gasteiger partial charge in [-0.05, 0) is 61.0 Å². The first-order valence-electron chi connectivity index (χ1n) is 9.91. The highest BCUT2D eigenvalue weighted by Gasteiger charge is 2.37. The van der Waals surface area contributed by atoms with Crippen LogP contribution < -0.4 is 14.9 Å². The maximum atomic E-state index is 13.5. The molecule has 0 unspecified atom stereocenters. The number of hydrogen-bond donors (Lipinski definition) is 1. The molecule has 166 valence electrons. The van der Waals surface area contributed by atoms with Crippen LogP contribution in [0.5, 0.6) is 11.5 Å². The summed E-state index contributed by atoms with van der Waals surface area (Å²) in [5.74, 6) is 0.691. The van der Waals surface area contributed by atoms with Crippen molar-refractivity contribution in [2.75, 3.05) is 14.2 Å². The Morgan fingerprint density at radius 1 is 0.906 bits per heavy atom. The quantitative estimate of drug-likeness (QED) is 0.596. The van der Waals surface area contributed by atoms with E-state index in [4.69, 9.17) is 9.47 Å². The molecule has 8 heteroatoms. The van der Waals surface area contributed by atoms with Crippen LogP contribution in [0, 0.1) is 12.7 Å². The Morgan fingerprint density at radius 3 is 2.19 bits per heavy atom. The van der Waals surface area contributed by atoms with Crippen LogP contribution in [-0.2, 0) is 10.0 Å². The minimum atomic E-state index is -3.91. The molecule has 1 N–H and O–H groups in total. The number of sulfonamides is 1. The van der Waals surface area contributed by atoms with Crippen LogP contribution in [0.2, 0.25) is 0 Å². The molecule has 0 aromatic heterocycles. The topological polar surface area (TPSA) is 67.9 Å². The average Bonchev–Trinajstić information content (AvgIpc) is 3.26. The second-order valence-electron chi connectivity index (χ2n) is 7.37. The summed E-state index contributed by atoms with van der Waals surface area (Å²) in [6, 6.07) is 17.1. The van der Waals surface area contributed by atoms with Crippen molar-refractivity contribution in [1.82, 2.24) is 9.84 Å². The van der Waals surface area contributed by atoms with Gasteiger partial charge in [0.1, 0.15) is 5.82 Å². The van der Waals surface area contributed by atoms with Crippen LogP contribution in [0.4, 0.5) is 4.39 Å². The molecule has 1 aliphatic heterocycles. The highest BCUT2D eigenvalue weighted by Crippen LogP contribution is 2.37. The van der Waals surface area contributed by atoms with E-state index in [0.29, 0.717) is 22.8 Å². The van der Waals surface area contributed by atoms with E-state index in [2.05, 4.69) is 5.43 Å². The summed E-state index contributed by atoms with van der Waals surface area (Å²) in [4.78, 5) is 0.157. The highest BCUT2D eigenvalue weighted by molar-refractivity contribution is 7.89. The zero-order chi connectivity index (χ0) is 22.9. The zero-order valence-corrected chi connectivity index (χ0v) is 18.7. The third-order valence-corrected chi connectivity index (χ3v) is 7.00. The molecule has 0 bridgehead atoms. The van der Waals surface area contributed by atoms with Gasteiger partial charge in [0, 0.05) is 5.56 Å². The van der Waals surface area contributed by atoms with Gasteiger partial charge in [-0.3, -0.25) is 0 Å². The van der Waals surface area contributed by atoms with E-state index in [0.717, 1.165) is 11.1 Å². The Hall–Kier alpha value is -3.36. The third-order valence-electron chi connectivity index (χ3n) is 5.29. The third kappa shape index (κ3) is 4.06. The van der Waals surface area contributed by atoms with E-state index in [1.807, 2.05) is 13.0 Å². The first kappa shape index (κ1) is 21.9. The second kappa shape index (κ2) is 8.64. The lowest BCUT2D eigenvalue weighted by atomic mass is 10.1. The summed E-state index contributed by atoms with van der Waals surface area (Å²) in [5, 5.41) is 0. The number of nitrogens with one attached hydrogen (secondary N) is 1. The van der Waals surface area contributed by atoms with Crippen molar-refractivity contribution in [2.24, 2.45) is 0 Å². The molecular formula is C24H23FN2O4S. The summed E-state index contributed by atoms with van der Waals surface area (Å²) < 4.78 is 52.4. The molecule has 3 aromatic carbocycles. The smallest absolute Gasteiger partial charge is 0.260 e. The van der Waals surface area contributed by atoms with Crippen molar-refractivity contribution >= 4 is 15.7 Å². The van der Waals surface area contributed by atoms with E-state index in [9.17, 15) is 12.8 Å². The predicted molar refractivity (Wildman–Crippen MR) is 120 cm³/mol. The lowest BCUT2D eigenvalue weighted by Gasteiger charge is -2.25. The Bertz CT molecular complexity index is 1260. The number of ether oxygens (including phenoxy) is 2. The fourth-order valence-corrected chi connectivity index (χ4v) is 4.95. The molecule has 1 atom stereocenters.